The molecule has 0 aliphatic heterocycles. The molecule has 1 N–H and O–H groups in total. The summed E-state index contributed by atoms with van der Waals surface area (Å²) in [6.07, 6.45) is 5.27. The molecule has 0 aromatic heterocycles. The number of amides is 1. The van der Waals surface area contributed by atoms with E-state index in [0.29, 0.717) is 6.54 Å². The monoisotopic (exact) mass is 307 g/mol. The van der Waals surface area contributed by atoms with Crippen molar-refractivity contribution in [3.8, 4) is 0 Å². The summed E-state index contributed by atoms with van der Waals surface area (Å²) >= 11 is 0. The van der Waals surface area contributed by atoms with Crippen molar-refractivity contribution < 1.29 is 4.79 Å². The average Bonchev–Trinajstić information content (AvgIpc) is 2.61. The summed E-state index contributed by atoms with van der Waals surface area (Å²) in [6, 6.07) is 17.8. The lowest BCUT2D eigenvalue weighted by atomic mass is 9.89. The van der Waals surface area contributed by atoms with E-state index in [9.17, 15) is 4.79 Å². The molecular weight excluding hydrogens is 282 g/mol. The van der Waals surface area contributed by atoms with Crippen molar-refractivity contribution in [2.24, 2.45) is 0 Å². The minimum atomic E-state index is -0.0206. The second kappa shape index (κ2) is 8.94. The van der Waals surface area contributed by atoms with Gasteiger partial charge in [0, 0.05) is 18.0 Å². The summed E-state index contributed by atoms with van der Waals surface area (Å²) in [5.74, 6) is 0.210. The lowest BCUT2D eigenvalue weighted by Gasteiger charge is -2.17. The molecule has 2 aromatic carbocycles. The van der Waals surface area contributed by atoms with E-state index in [1.165, 1.54) is 0 Å². The molecule has 0 saturated heterocycles. The van der Waals surface area contributed by atoms with Crippen LogP contribution in [-0.2, 0) is 6.54 Å². The van der Waals surface area contributed by atoms with Crippen molar-refractivity contribution in [1.29, 1.82) is 0 Å². The number of benzene rings is 2. The molecule has 0 aliphatic rings. The van der Waals surface area contributed by atoms with Crippen LogP contribution >= 0.6 is 0 Å². The molecule has 0 heterocycles. The number of hydrogen-bond acceptors (Lipinski definition) is 1. The normalized spacial score (nSPS) is 11.7. The second-order valence-corrected chi connectivity index (χ2v) is 5.74. The molecule has 0 saturated carbocycles. The van der Waals surface area contributed by atoms with Gasteiger partial charge in [0.15, 0.2) is 0 Å². The molecule has 0 fully saturated rings. The lowest BCUT2D eigenvalue weighted by molar-refractivity contribution is 0.0949. The van der Waals surface area contributed by atoms with Gasteiger partial charge in [-0.05, 0) is 23.6 Å². The van der Waals surface area contributed by atoms with Crippen molar-refractivity contribution in [3.05, 3.63) is 83.9 Å². The van der Waals surface area contributed by atoms with Gasteiger partial charge in [-0.1, -0.05) is 74.4 Å². The molecule has 0 spiro atoms. The van der Waals surface area contributed by atoms with E-state index in [4.69, 9.17) is 0 Å². The molecule has 0 radical (unpaired) electrons. The van der Waals surface area contributed by atoms with Crippen molar-refractivity contribution in [3.63, 3.8) is 0 Å². The predicted molar refractivity (Wildman–Crippen MR) is 96.5 cm³/mol. The summed E-state index contributed by atoms with van der Waals surface area (Å²) < 4.78 is 0. The maximum atomic E-state index is 12.6. The van der Waals surface area contributed by atoms with Crippen molar-refractivity contribution in [1.82, 2.24) is 5.32 Å². The molecule has 120 valence electrons. The van der Waals surface area contributed by atoms with E-state index in [0.717, 1.165) is 36.0 Å². The second-order valence-electron chi connectivity index (χ2n) is 5.74. The first-order chi connectivity index (χ1) is 11.3. The first-order valence-corrected chi connectivity index (χ1v) is 8.29. The van der Waals surface area contributed by atoms with E-state index in [1.807, 2.05) is 60.7 Å². The highest BCUT2D eigenvalue weighted by Gasteiger charge is 2.16. The Hall–Kier alpha value is -2.35. The smallest absolute Gasteiger partial charge is 0.251 e. The fraction of sp³-hybridized carbons (Fsp3) is 0.286. The molecule has 1 amide bonds. The molecule has 2 heteroatoms. The van der Waals surface area contributed by atoms with E-state index in [-0.39, 0.29) is 11.8 Å². The molecular formula is C21H25NO. The van der Waals surface area contributed by atoms with Crippen LogP contribution in [0.1, 0.15) is 53.6 Å². The molecule has 2 nitrogen and oxygen atoms in total. The van der Waals surface area contributed by atoms with Gasteiger partial charge < -0.3 is 5.32 Å². The Morgan fingerprint density at radius 2 is 1.83 bits per heavy atom. The van der Waals surface area contributed by atoms with E-state index in [1.54, 1.807) is 0 Å². The summed E-state index contributed by atoms with van der Waals surface area (Å²) in [6.45, 7) is 6.68. The Balaban J connectivity index is 2.12. The fourth-order valence-corrected chi connectivity index (χ4v) is 2.72. The van der Waals surface area contributed by atoms with Gasteiger partial charge in [0.05, 0.1) is 0 Å². The highest BCUT2D eigenvalue weighted by molar-refractivity contribution is 5.95. The summed E-state index contributed by atoms with van der Waals surface area (Å²) in [5.41, 5.74) is 2.93. The molecule has 2 aromatic rings. The number of allylic oxidation sites excluding steroid dienone is 1. The maximum absolute atomic E-state index is 12.6. The number of rotatable bonds is 8. The standard InChI is InChI=1S/C21H25NO/c1-3-5-13-18(4-2)19-14-9-10-15-20(19)21(23)22-16-17-11-7-6-8-12-17/h4,6-12,14-15,18H,2-3,5,13,16H2,1H3,(H,22,23). The number of hydrogen-bond donors (Lipinski definition) is 1. The van der Waals surface area contributed by atoms with Gasteiger partial charge in [0.2, 0.25) is 0 Å². The molecule has 0 bridgehead atoms. The van der Waals surface area contributed by atoms with Crippen LogP contribution in [-0.4, -0.2) is 5.91 Å². The maximum Gasteiger partial charge on any atom is 0.251 e. The quantitative estimate of drug-likeness (QED) is 0.677. The summed E-state index contributed by atoms with van der Waals surface area (Å²) in [7, 11) is 0. The van der Waals surface area contributed by atoms with E-state index in [2.05, 4.69) is 18.8 Å². The first kappa shape index (κ1) is 17.0. The Morgan fingerprint density at radius 3 is 2.52 bits per heavy atom. The van der Waals surface area contributed by atoms with Crippen LogP contribution in [0.3, 0.4) is 0 Å². The molecule has 23 heavy (non-hydrogen) atoms. The third kappa shape index (κ3) is 4.82. The number of carbonyl (C=O) groups excluding carboxylic acids is 1. The third-order valence-corrected chi connectivity index (χ3v) is 4.05. The Kier molecular flexibility index (Phi) is 6.61. The Labute approximate surface area is 139 Å². The van der Waals surface area contributed by atoms with Crippen molar-refractivity contribution >= 4 is 5.91 Å². The van der Waals surface area contributed by atoms with Crippen LogP contribution < -0.4 is 5.32 Å². The number of nitrogens with one attached hydrogen (secondary N) is 1. The summed E-state index contributed by atoms with van der Waals surface area (Å²) in [4.78, 5) is 12.6. The predicted octanol–water partition coefficient (Wildman–Crippen LogP) is 5.08. The zero-order valence-electron chi connectivity index (χ0n) is 13.8. The minimum Gasteiger partial charge on any atom is -0.348 e. The Morgan fingerprint density at radius 1 is 1.13 bits per heavy atom. The zero-order chi connectivity index (χ0) is 16.5. The van der Waals surface area contributed by atoms with Gasteiger partial charge in [-0.15, -0.1) is 6.58 Å². The minimum absolute atomic E-state index is 0.0206. The van der Waals surface area contributed by atoms with Crippen molar-refractivity contribution in [2.45, 2.75) is 38.6 Å². The largest absolute Gasteiger partial charge is 0.348 e. The topological polar surface area (TPSA) is 29.1 Å². The van der Waals surface area contributed by atoms with Gasteiger partial charge in [-0.3, -0.25) is 4.79 Å². The summed E-state index contributed by atoms with van der Waals surface area (Å²) in [5, 5.41) is 3.02. The van der Waals surface area contributed by atoms with Gasteiger partial charge >= 0.3 is 0 Å². The number of unbranched alkanes of at least 4 members (excludes halogenated alkanes) is 1. The SMILES string of the molecule is C=CC(CCCC)c1ccccc1C(=O)NCc1ccccc1. The average molecular weight is 307 g/mol. The highest BCUT2D eigenvalue weighted by Crippen LogP contribution is 2.26. The zero-order valence-corrected chi connectivity index (χ0v) is 13.8. The van der Waals surface area contributed by atoms with Crippen LogP contribution in [0.4, 0.5) is 0 Å². The lowest BCUT2D eigenvalue weighted by Crippen LogP contribution is -2.24. The fourth-order valence-electron chi connectivity index (χ4n) is 2.72. The highest BCUT2D eigenvalue weighted by atomic mass is 16.1. The van der Waals surface area contributed by atoms with Gasteiger partial charge in [-0.2, -0.15) is 0 Å². The van der Waals surface area contributed by atoms with E-state index >= 15 is 0 Å². The first-order valence-electron chi connectivity index (χ1n) is 8.29. The van der Waals surface area contributed by atoms with Crippen LogP contribution in [0, 0.1) is 0 Å². The van der Waals surface area contributed by atoms with Crippen LogP contribution in [0.25, 0.3) is 0 Å². The van der Waals surface area contributed by atoms with Gasteiger partial charge in [0.25, 0.3) is 5.91 Å². The van der Waals surface area contributed by atoms with Crippen LogP contribution in [0.15, 0.2) is 67.3 Å². The van der Waals surface area contributed by atoms with Gasteiger partial charge in [-0.25, -0.2) is 0 Å². The van der Waals surface area contributed by atoms with Crippen LogP contribution in [0.5, 0.6) is 0 Å². The molecule has 1 unspecified atom stereocenters. The Bertz CT molecular complexity index is 633. The molecule has 2 rings (SSSR count). The van der Waals surface area contributed by atoms with Crippen LogP contribution in [0.2, 0.25) is 0 Å². The number of carbonyl (C=O) groups is 1. The molecule has 1 atom stereocenters. The van der Waals surface area contributed by atoms with Gasteiger partial charge in [0.1, 0.15) is 0 Å². The third-order valence-electron chi connectivity index (χ3n) is 4.05. The van der Waals surface area contributed by atoms with Crippen molar-refractivity contribution in [2.75, 3.05) is 0 Å². The van der Waals surface area contributed by atoms with E-state index < -0.39 is 0 Å². The molecule has 0 aliphatic carbocycles.